The molecule has 154 valence electrons. The second-order valence-corrected chi connectivity index (χ2v) is 7.43. The van der Waals surface area contributed by atoms with Crippen molar-refractivity contribution in [3.05, 3.63) is 30.7 Å². The van der Waals surface area contributed by atoms with Gasteiger partial charge in [-0.25, -0.2) is 9.97 Å². The SMILES string of the molecule is OC[C@@H]1[C@@H](O)[C@H](O)[C@@H](O)CN1CCCCCCNc1ccc2cncnc2c1. The first-order valence-electron chi connectivity index (χ1n) is 9.93. The summed E-state index contributed by atoms with van der Waals surface area (Å²) in [4.78, 5) is 10.1. The van der Waals surface area contributed by atoms with Crippen LogP contribution in [0, 0.1) is 0 Å². The molecule has 0 unspecified atom stereocenters. The summed E-state index contributed by atoms with van der Waals surface area (Å²) >= 11 is 0. The maximum atomic E-state index is 10.00. The molecule has 1 aromatic heterocycles. The number of hydrogen-bond acceptors (Lipinski definition) is 8. The first-order chi connectivity index (χ1) is 13.6. The van der Waals surface area contributed by atoms with Gasteiger partial charge in [-0.15, -0.1) is 0 Å². The number of piperidine rings is 1. The van der Waals surface area contributed by atoms with Gasteiger partial charge in [0, 0.05) is 30.4 Å². The molecule has 1 saturated heterocycles. The summed E-state index contributed by atoms with van der Waals surface area (Å²) in [5, 5.41) is 43.5. The van der Waals surface area contributed by atoms with Crippen LogP contribution in [0.25, 0.3) is 10.9 Å². The van der Waals surface area contributed by atoms with Crippen molar-refractivity contribution in [3.8, 4) is 0 Å². The summed E-state index contributed by atoms with van der Waals surface area (Å²) in [5.74, 6) is 0. The van der Waals surface area contributed by atoms with Crippen LogP contribution in [0.15, 0.2) is 30.7 Å². The van der Waals surface area contributed by atoms with Crippen molar-refractivity contribution in [1.82, 2.24) is 14.9 Å². The van der Waals surface area contributed by atoms with Crippen molar-refractivity contribution in [1.29, 1.82) is 0 Å². The van der Waals surface area contributed by atoms with Gasteiger partial charge in [-0.3, -0.25) is 4.90 Å². The third kappa shape index (κ3) is 5.15. The highest BCUT2D eigenvalue weighted by Gasteiger charge is 2.40. The molecule has 8 heteroatoms. The highest BCUT2D eigenvalue weighted by atomic mass is 16.4. The Bertz CT molecular complexity index is 747. The molecule has 0 bridgehead atoms. The lowest BCUT2D eigenvalue weighted by atomic mass is 9.94. The van der Waals surface area contributed by atoms with Crippen LogP contribution >= 0.6 is 0 Å². The van der Waals surface area contributed by atoms with Crippen LogP contribution in [0.5, 0.6) is 0 Å². The Balaban J connectivity index is 1.33. The van der Waals surface area contributed by atoms with E-state index in [1.807, 2.05) is 23.1 Å². The first kappa shape index (κ1) is 20.9. The molecule has 0 radical (unpaired) electrons. The quantitative estimate of drug-likeness (QED) is 0.389. The molecule has 8 nitrogen and oxygen atoms in total. The van der Waals surface area contributed by atoms with E-state index in [1.165, 1.54) is 0 Å². The van der Waals surface area contributed by atoms with E-state index in [0.29, 0.717) is 6.54 Å². The van der Waals surface area contributed by atoms with Gasteiger partial charge < -0.3 is 25.7 Å². The fourth-order valence-corrected chi connectivity index (χ4v) is 3.75. The van der Waals surface area contributed by atoms with Crippen molar-refractivity contribution < 1.29 is 20.4 Å². The van der Waals surface area contributed by atoms with Gasteiger partial charge in [0.25, 0.3) is 0 Å². The average Bonchev–Trinajstić information content (AvgIpc) is 2.71. The molecule has 3 rings (SSSR count). The molecule has 0 spiro atoms. The molecule has 1 aliphatic rings. The number of nitrogens with zero attached hydrogens (tertiary/aromatic N) is 3. The van der Waals surface area contributed by atoms with Gasteiger partial charge in [0.2, 0.25) is 0 Å². The minimum atomic E-state index is -1.19. The third-order valence-corrected chi connectivity index (χ3v) is 5.42. The minimum Gasteiger partial charge on any atom is -0.395 e. The van der Waals surface area contributed by atoms with Crippen molar-refractivity contribution in [3.63, 3.8) is 0 Å². The number of fused-ring (bicyclic) bond motifs is 1. The number of β-amino-alcohol motifs (C(OH)–C–C–N with tert-alkyl or cyclic N) is 1. The molecule has 0 saturated carbocycles. The number of aliphatic hydroxyl groups excluding tert-OH is 4. The predicted octanol–water partition coefficient (Wildman–Crippen LogP) is 0.361. The molecule has 1 fully saturated rings. The molecular formula is C20H30N4O4. The fourth-order valence-electron chi connectivity index (χ4n) is 3.75. The van der Waals surface area contributed by atoms with Crippen LogP contribution in [0.1, 0.15) is 25.7 Å². The summed E-state index contributed by atoms with van der Waals surface area (Å²) < 4.78 is 0. The van der Waals surface area contributed by atoms with E-state index < -0.39 is 24.4 Å². The van der Waals surface area contributed by atoms with E-state index in [1.54, 1.807) is 12.5 Å². The normalized spacial score (nSPS) is 25.9. The zero-order valence-electron chi connectivity index (χ0n) is 16.0. The van der Waals surface area contributed by atoms with Gasteiger partial charge in [-0.05, 0) is 37.6 Å². The second-order valence-electron chi connectivity index (χ2n) is 7.43. The van der Waals surface area contributed by atoms with Crippen LogP contribution < -0.4 is 5.32 Å². The van der Waals surface area contributed by atoms with Gasteiger partial charge in [-0.2, -0.15) is 0 Å². The molecule has 2 aromatic rings. The molecule has 4 atom stereocenters. The van der Waals surface area contributed by atoms with Gasteiger partial charge in [0.05, 0.1) is 24.3 Å². The van der Waals surface area contributed by atoms with E-state index in [0.717, 1.165) is 48.8 Å². The number of likely N-dealkylation sites (tertiary alicyclic amines) is 1. The standard InChI is InChI=1S/C20H30N4O4/c25-12-17-19(27)20(28)18(26)11-24(17)8-4-2-1-3-7-22-15-6-5-14-10-21-13-23-16(14)9-15/h5-6,9-10,13,17-20,22,25-28H,1-4,7-8,11-12H2/t17-,18+,19-,20-/m1/s1. The molecule has 2 heterocycles. The first-order valence-corrected chi connectivity index (χ1v) is 9.93. The zero-order chi connectivity index (χ0) is 19.9. The zero-order valence-corrected chi connectivity index (χ0v) is 16.0. The highest BCUT2D eigenvalue weighted by molar-refractivity contribution is 5.81. The lowest BCUT2D eigenvalue weighted by Crippen LogP contribution is -2.62. The summed E-state index contributed by atoms with van der Waals surface area (Å²) in [6.45, 7) is 1.61. The second kappa shape index (κ2) is 10.1. The maximum absolute atomic E-state index is 10.00. The van der Waals surface area contributed by atoms with Gasteiger partial charge in [-0.1, -0.05) is 12.8 Å². The summed E-state index contributed by atoms with van der Waals surface area (Å²) in [6, 6.07) is 5.54. The number of anilines is 1. The maximum Gasteiger partial charge on any atom is 0.116 e. The monoisotopic (exact) mass is 390 g/mol. The molecule has 0 amide bonds. The molecule has 1 aliphatic heterocycles. The molecule has 1 aromatic carbocycles. The number of aliphatic hydroxyl groups is 4. The lowest BCUT2D eigenvalue weighted by Gasteiger charge is -2.43. The van der Waals surface area contributed by atoms with Crippen molar-refractivity contribution >= 4 is 16.6 Å². The Morgan fingerprint density at radius 3 is 2.71 bits per heavy atom. The van der Waals surface area contributed by atoms with E-state index in [9.17, 15) is 20.4 Å². The largest absolute Gasteiger partial charge is 0.395 e. The number of benzene rings is 1. The minimum absolute atomic E-state index is 0.231. The molecule has 28 heavy (non-hydrogen) atoms. The average molecular weight is 390 g/mol. The van der Waals surface area contributed by atoms with Crippen LogP contribution in [-0.4, -0.2) is 85.9 Å². The van der Waals surface area contributed by atoms with E-state index in [4.69, 9.17) is 0 Å². The van der Waals surface area contributed by atoms with Gasteiger partial charge in [0.1, 0.15) is 18.5 Å². The van der Waals surface area contributed by atoms with Gasteiger partial charge in [0.15, 0.2) is 0 Å². The van der Waals surface area contributed by atoms with Crippen molar-refractivity contribution in [2.24, 2.45) is 0 Å². The van der Waals surface area contributed by atoms with Gasteiger partial charge >= 0.3 is 0 Å². The number of unbranched alkanes of at least 4 members (excludes halogenated alkanes) is 3. The number of aromatic nitrogens is 2. The Kier molecular flexibility index (Phi) is 7.52. The van der Waals surface area contributed by atoms with Crippen LogP contribution in [0.3, 0.4) is 0 Å². The molecule has 0 aliphatic carbocycles. The van der Waals surface area contributed by atoms with E-state index in [2.05, 4.69) is 15.3 Å². The third-order valence-electron chi connectivity index (χ3n) is 5.42. The summed E-state index contributed by atoms with van der Waals surface area (Å²) in [5.41, 5.74) is 1.97. The Morgan fingerprint density at radius 1 is 1.07 bits per heavy atom. The fraction of sp³-hybridized carbons (Fsp3) is 0.600. The number of nitrogens with one attached hydrogen (secondary N) is 1. The van der Waals surface area contributed by atoms with E-state index in [-0.39, 0.29) is 13.2 Å². The van der Waals surface area contributed by atoms with Crippen molar-refractivity contribution in [2.45, 2.75) is 50.0 Å². The van der Waals surface area contributed by atoms with Crippen LogP contribution in [-0.2, 0) is 0 Å². The van der Waals surface area contributed by atoms with Crippen LogP contribution in [0.2, 0.25) is 0 Å². The summed E-state index contributed by atoms with van der Waals surface area (Å²) in [6.07, 6.45) is 4.10. The van der Waals surface area contributed by atoms with Crippen LogP contribution in [0.4, 0.5) is 5.69 Å². The number of rotatable bonds is 9. The topological polar surface area (TPSA) is 122 Å². The lowest BCUT2D eigenvalue weighted by molar-refractivity contribution is -0.145. The highest BCUT2D eigenvalue weighted by Crippen LogP contribution is 2.20. The molecule has 5 N–H and O–H groups in total. The van der Waals surface area contributed by atoms with Crippen molar-refractivity contribution in [2.75, 3.05) is 31.6 Å². The Labute approximate surface area is 164 Å². The predicted molar refractivity (Wildman–Crippen MR) is 107 cm³/mol. The number of hydrogen-bond donors (Lipinski definition) is 5. The van der Waals surface area contributed by atoms with E-state index >= 15 is 0 Å². The smallest absolute Gasteiger partial charge is 0.116 e. The Morgan fingerprint density at radius 2 is 1.89 bits per heavy atom. The Hall–Kier alpha value is -1.84. The summed E-state index contributed by atoms with van der Waals surface area (Å²) in [7, 11) is 0. The molecular weight excluding hydrogens is 360 g/mol.